The molecule has 8 heteroatoms. The topological polar surface area (TPSA) is 75.6 Å². The number of anilines is 2. The molecule has 6 nitrogen and oxygen atoms in total. The first kappa shape index (κ1) is 14.3. The summed E-state index contributed by atoms with van der Waals surface area (Å²) >= 11 is 7.30. The maximum Gasteiger partial charge on any atom is 0.427 e. The number of aromatic nitrogens is 1. The zero-order valence-corrected chi connectivity index (χ0v) is 12.0. The number of hydrogen-bond acceptors (Lipinski definition) is 6. The first-order chi connectivity index (χ1) is 9.69. The number of para-hydroxylation sites is 1. The monoisotopic (exact) mass is 310 g/mol. The minimum absolute atomic E-state index is 0.309. The number of hydrazone groups is 1. The van der Waals surface area contributed by atoms with Crippen LogP contribution in [0, 0.1) is 0 Å². The Hall–Kier alpha value is -2.12. The maximum atomic E-state index is 10.8. The van der Waals surface area contributed by atoms with E-state index >= 15 is 0 Å². The van der Waals surface area contributed by atoms with Crippen molar-refractivity contribution in [2.45, 2.75) is 0 Å². The molecule has 0 aliphatic rings. The van der Waals surface area contributed by atoms with Gasteiger partial charge in [0.25, 0.3) is 0 Å². The summed E-state index contributed by atoms with van der Waals surface area (Å²) in [5, 5.41) is 7.78. The van der Waals surface area contributed by atoms with E-state index in [1.54, 1.807) is 0 Å². The second-order valence-electron chi connectivity index (χ2n) is 3.53. The highest BCUT2D eigenvalue weighted by atomic mass is 35.5. The van der Waals surface area contributed by atoms with Crippen molar-refractivity contribution in [1.82, 2.24) is 10.4 Å². The van der Waals surface area contributed by atoms with Crippen LogP contribution in [-0.4, -0.2) is 24.4 Å². The molecule has 20 heavy (non-hydrogen) atoms. The van der Waals surface area contributed by atoms with E-state index in [0.717, 1.165) is 5.69 Å². The van der Waals surface area contributed by atoms with Crippen molar-refractivity contribution in [1.29, 1.82) is 0 Å². The lowest BCUT2D eigenvalue weighted by atomic mass is 10.3. The fraction of sp³-hybridized carbons (Fsp3) is 0.0833. The van der Waals surface area contributed by atoms with Crippen molar-refractivity contribution in [3.63, 3.8) is 0 Å². The normalized spacial score (nSPS) is 10.5. The van der Waals surface area contributed by atoms with Gasteiger partial charge in [-0.2, -0.15) is 5.10 Å². The predicted octanol–water partition coefficient (Wildman–Crippen LogP) is 3.23. The van der Waals surface area contributed by atoms with Gasteiger partial charge in [0.05, 0.1) is 18.2 Å². The van der Waals surface area contributed by atoms with Gasteiger partial charge in [-0.3, -0.25) is 0 Å². The summed E-state index contributed by atoms with van der Waals surface area (Å²) in [5.41, 5.74) is 3.09. The van der Waals surface area contributed by atoms with Crippen molar-refractivity contribution in [2.75, 3.05) is 12.4 Å². The van der Waals surface area contributed by atoms with Gasteiger partial charge in [0, 0.05) is 5.69 Å². The molecule has 1 amide bonds. The number of nitrogens with one attached hydrogen (secondary N) is 2. The largest absolute Gasteiger partial charge is 0.452 e. The summed E-state index contributed by atoms with van der Waals surface area (Å²) in [6, 6.07) is 9.60. The van der Waals surface area contributed by atoms with E-state index in [9.17, 15) is 4.79 Å². The lowest BCUT2D eigenvalue weighted by Crippen LogP contribution is -2.16. The minimum Gasteiger partial charge on any atom is -0.452 e. The van der Waals surface area contributed by atoms with E-state index in [2.05, 4.69) is 25.6 Å². The third kappa shape index (κ3) is 3.94. The summed E-state index contributed by atoms with van der Waals surface area (Å²) in [6.07, 6.45) is 0.761. The molecule has 0 atom stereocenters. The van der Waals surface area contributed by atoms with Gasteiger partial charge < -0.3 is 10.1 Å². The molecule has 1 heterocycles. The maximum absolute atomic E-state index is 10.8. The van der Waals surface area contributed by atoms with Crippen LogP contribution < -0.4 is 10.7 Å². The number of rotatable bonds is 4. The lowest BCUT2D eigenvalue weighted by molar-refractivity contribution is 0.171. The SMILES string of the molecule is COC(=O)N/N=C/c1sc(Nc2ccccc2)nc1Cl. The standard InChI is InChI=1S/C12H11ClN4O2S/c1-19-12(18)17-14-7-9-10(13)16-11(20-9)15-8-5-3-2-4-6-8/h2-7H,1H3,(H,15,16)(H,17,18)/b14-7+. The third-order valence-electron chi connectivity index (χ3n) is 2.16. The number of carbonyl (C=O) groups is 1. The zero-order valence-electron chi connectivity index (χ0n) is 10.5. The number of halogens is 1. The van der Waals surface area contributed by atoms with E-state index in [0.29, 0.717) is 15.2 Å². The highest BCUT2D eigenvalue weighted by Crippen LogP contribution is 2.27. The van der Waals surface area contributed by atoms with Crippen LogP contribution >= 0.6 is 22.9 Å². The molecule has 104 valence electrons. The number of hydrogen-bond donors (Lipinski definition) is 2. The summed E-state index contributed by atoms with van der Waals surface area (Å²) in [4.78, 5) is 15.6. The summed E-state index contributed by atoms with van der Waals surface area (Å²) in [5.74, 6) is 0. The van der Waals surface area contributed by atoms with Gasteiger partial charge in [0.2, 0.25) is 0 Å². The fourth-order valence-corrected chi connectivity index (χ4v) is 2.33. The van der Waals surface area contributed by atoms with E-state index < -0.39 is 6.09 Å². The van der Waals surface area contributed by atoms with Crippen LogP contribution in [0.4, 0.5) is 15.6 Å². The Kier molecular flexibility index (Phi) is 4.91. The van der Waals surface area contributed by atoms with E-state index in [-0.39, 0.29) is 0 Å². The minimum atomic E-state index is -0.649. The van der Waals surface area contributed by atoms with E-state index in [1.165, 1.54) is 24.7 Å². The number of ether oxygens (including phenoxy) is 1. The van der Waals surface area contributed by atoms with Gasteiger partial charge in [-0.05, 0) is 12.1 Å². The molecule has 0 spiro atoms. The number of benzene rings is 1. The molecule has 0 aliphatic heterocycles. The van der Waals surface area contributed by atoms with Gasteiger partial charge in [-0.1, -0.05) is 41.1 Å². The Labute approximate surface area is 124 Å². The molecule has 0 saturated heterocycles. The van der Waals surface area contributed by atoms with E-state index in [1.807, 2.05) is 30.3 Å². The molecule has 0 saturated carbocycles. The highest BCUT2D eigenvalue weighted by Gasteiger charge is 2.07. The molecule has 0 bridgehead atoms. The average Bonchev–Trinajstić information content (AvgIpc) is 2.80. The Morgan fingerprint density at radius 1 is 1.45 bits per heavy atom. The molecule has 2 N–H and O–H groups in total. The number of nitrogens with zero attached hydrogens (tertiary/aromatic N) is 2. The molecular formula is C12H11ClN4O2S. The number of thiazole rings is 1. The Bertz CT molecular complexity index is 615. The summed E-state index contributed by atoms with van der Waals surface area (Å²) < 4.78 is 4.38. The second-order valence-corrected chi connectivity index (χ2v) is 4.92. The average molecular weight is 311 g/mol. The van der Waals surface area contributed by atoms with Gasteiger partial charge in [0.15, 0.2) is 10.3 Å². The van der Waals surface area contributed by atoms with Gasteiger partial charge >= 0.3 is 6.09 Å². The van der Waals surface area contributed by atoms with Crippen LogP contribution in [0.1, 0.15) is 4.88 Å². The van der Waals surface area contributed by atoms with Crippen LogP contribution in [-0.2, 0) is 4.74 Å². The fourth-order valence-electron chi connectivity index (χ4n) is 1.28. The summed E-state index contributed by atoms with van der Waals surface area (Å²) in [7, 11) is 1.26. The van der Waals surface area contributed by atoms with Gasteiger partial charge in [-0.15, -0.1) is 0 Å². The molecule has 1 aromatic heterocycles. The molecule has 0 aliphatic carbocycles. The first-order valence-corrected chi connectivity index (χ1v) is 6.74. The lowest BCUT2D eigenvalue weighted by Gasteiger charge is -1.99. The quantitative estimate of drug-likeness (QED) is 0.671. The van der Waals surface area contributed by atoms with Crippen molar-refractivity contribution < 1.29 is 9.53 Å². The number of amides is 1. The van der Waals surface area contributed by atoms with Gasteiger partial charge in [-0.25, -0.2) is 15.2 Å². The predicted molar refractivity (Wildman–Crippen MR) is 80.0 cm³/mol. The number of methoxy groups -OCH3 is 1. The molecule has 2 rings (SSSR count). The molecular weight excluding hydrogens is 300 g/mol. The molecule has 0 unspecified atom stereocenters. The van der Waals surface area contributed by atoms with Crippen LogP contribution in [0.5, 0.6) is 0 Å². The zero-order chi connectivity index (χ0) is 14.4. The smallest absolute Gasteiger partial charge is 0.427 e. The van der Waals surface area contributed by atoms with Crippen molar-refractivity contribution in [2.24, 2.45) is 5.10 Å². The molecule has 0 fully saturated rings. The molecule has 1 aromatic carbocycles. The molecule has 0 radical (unpaired) electrons. The van der Waals surface area contributed by atoms with Crippen LogP contribution in [0.3, 0.4) is 0 Å². The van der Waals surface area contributed by atoms with Crippen LogP contribution in [0.25, 0.3) is 0 Å². The van der Waals surface area contributed by atoms with Crippen LogP contribution in [0.2, 0.25) is 5.15 Å². The molecule has 2 aromatic rings. The van der Waals surface area contributed by atoms with Gasteiger partial charge in [0.1, 0.15) is 0 Å². The number of carbonyl (C=O) groups excluding carboxylic acids is 1. The summed E-state index contributed by atoms with van der Waals surface area (Å²) in [6.45, 7) is 0. The Morgan fingerprint density at radius 2 is 2.20 bits per heavy atom. The first-order valence-electron chi connectivity index (χ1n) is 5.54. The van der Waals surface area contributed by atoms with Crippen molar-refractivity contribution >= 4 is 46.1 Å². The van der Waals surface area contributed by atoms with Crippen LogP contribution in [0.15, 0.2) is 35.4 Å². The third-order valence-corrected chi connectivity index (χ3v) is 3.46. The van der Waals surface area contributed by atoms with Crippen molar-refractivity contribution in [3.8, 4) is 0 Å². The highest BCUT2D eigenvalue weighted by molar-refractivity contribution is 7.17. The Morgan fingerprint density at radius 3 is 2.90 bits per heavy atom. The Balaban J connectivity index is 2.04. The van der Waals surface area contributed by atoms with E-state index in [4.69, 9.17) is 11.6 Å². The van der Waals surface area contributed by atoms with Crippen molar-refractivity contribution in [3.05, 3.63) is 40.4 Å². The second kappa shape index (κ2) is 6.88.